The average molecular weight is 222 g/mol. The third-order valence-corrected chi connectivity index (χ3v) is 1.99. The van der Waals surface area contributed by atoms with E-state index >= 15 is 0 Å². The fraction of sp³-hybridized carbons (Fsp3) is 0.417. The summed E-state index contributed by atoms with van der Waals surface area (Å²) in [6, 6.07) is 9.18. The van der Waals surface area contributed by atoms with Crippen molar-refractivity contribution in [2.75, 3.05) is 25.1 Å². The molecule has 1 rings (SSSR count). The lowest BCUT2D eigenvalue weighted by Gasteiger charge is -2.07. The Kier molecular flexibility index (Phi) is 6.03. The SMILES string of the molecule is CCOCCCNC(=O)Nc1ccccc1. The molecule has 2 N–H and O–H groups in total. The summed E-state index contributed by atoms with van der Waals surface area (Å²) in [7, 11) is 0. The number of nitrogens with one attached hydrogen (secondary N) is 2. The van der Waals surface area contributed by atoms with E-state index in [1.54, 1.807) is 0 Å². The molecule has 0 aliphatic rings. The highest BCUT2D eigenvalue weighted by atomic mass is 16.5. The van der Waals surface area contributed by atoms with Crippen molar-refractivity contribution in [1.82, 2.24) is 5.32 Å². The lowest BCUT2D eigenvalue weighted by Crippen LogP contribution is -2.30. The number of hydrogen-bond acceptors (Lipinski definition) is 2. The first-order chi connectivity index (χ1) is 7.83. The number of hydrogen-bond donors (Lipinski definition) is 2. The molecular weight excluding hydrogens is 204 g/mol. The van der Waals surface area contributed by atoms with Gasteiger partial charge in [0, 0.05) is 25.4 Å². The maximum atomic E-state index is 11.4. The summed E-state index contributed by atoms with van der Waals surface area (Å²) in [6.07, 6.45) is 0.829. The number of para-hydroxylation sites is 1. The first-order valence-corrected chi connectivity index (χ1v) is 5.50. The Bertz CT molecular complexity index is 301. The molecule has 0 spiro atoms. The minimum absolute atomic E-state index is 0.178. The summed E-state index contributed by atoms with van der Waals surface area (Å²) in [4.78, 5) is 11.4. The van der Waals surface area contributed by atoms with Gasteiger partial charge in [0.2, 0.25) is 0 Å². The van der Waals surface area contributed by atoms with E-state index in [0.717, 1.165) is 18.7 Å². The molecule has 88 valence electrons. The molecular formula is C12H18N2O2. The molecule has 0 fully saturated rings. The van der Waals surface area contributed by atoms with Gasteiger partial charge < -0.3 is 15.4 Å². The second kappa shape index (κ2) is 7.70. The van der Waals surface area contributed by atoms with Crippen LogP contribution in [0, 0.1) is 0 Å². The van der Waals surface area contributed by atoms with Gasteiger partial charge in [0.1, 0.15) is 0 Å². The second-order valence-electron chi connectivity index (χ2n) is 3.30. The molecule has 2 amide bonds. The monoisotopic (exact) mass is 222 g/mol. The lowest BCUT2D eigenvalue weighted by atomic mass is 10.3. The van der Waals surface area contributed by atoms with Crippen LogP contribution in [0.5, 0.6) is 0 Å². The van der Waals surface area contributed by atoms with Gasteiger partial charge in [-0.15, -0.1) is 0 Å². The average Bonchev–Trinajstić information content (AvgIpc) is 2.30. The number of rotatable bonds is 6. The van der Waals surface area contributed by atoms with Gasteiger partial charge >= 0.3 is 6.03 Å². The molecule has 0 aliphatic heterocycles. The fourth-order valence-corrected chi connectivity index (χ4v) is 1.22. The van der Waals surface area contributed by atoms with Crippen LogP contribution in [0.25, 0.3) is 0 Å². The van der Waals surface area contributed by atoms with Crippen LogP contribution in [0.4, 0.5) is 10.5 Å². The van der Waals surface area contributed by atoms with Crippen molar-refractivity contribution in [1.29, 1.82) is 0 Å². The summed E-state index contributed by atoms with van der Waals surface area (Å²) in [5.41, 5.74) is 0.796. The van der Waals surface area contributed by atoms with Crippen LogP contribution < -0.4 is 10.6 Å². The van der Waals surface area contributed by atoms with Crippen LogP contribution in [0.2, 0.25) is 0 Å². The van der Waals surface area contributed by atoms with Crippen molar-refractivity contribution < 1.29 is 9.53 Å². The fourth-order valence-electron chi connectivity index (χ4n) is 1.22. The summed E-state index contributed by atoms with van der Waals surface area (Å²) < 4.78 is 5.16. The maximum absolute atomic E-state index is 11.4. The number of benzene rings is 1. The van der Waals surface area contributed by atoms with E-state index < -0.39 is 0 Å². The third-order valence-electron chi connectivity index (χ3n) is 1.99. The van der Waals surface area contributed by atoms with Crippen molar-refractivity contribution in [3.05, 3.63) is 30.3 Å². The largest absolute Gasteiger partial charge is 0.382 e. The molecule has 4 nitrogen and oxygen atoms in total. The Morgan fingerprint density at radius 2 is 2.06 bits per heavy atom. The lowest BCUT2D eigenvalue weighted by molar-refractivity contribution is 0.145. The zero-order valence-corrected chi connectivity index (χ0v) is 9.53. The predicted octanol–water partition coefficient (Wildman–Crippen LogP) is 2.23. The molecule has 0 unspecified atom stereocenters. The number of ether oxygens (including phenoxy) is 1. The van der Waals surface area contributed by atoms with Crippen molar-refractivity contribution in [2.45, 2.75) is 13.3 Å². The van der Waals surface area contributed by atoms with Crippen LogP contribution >= 0.6 is 0 Å². The van der Waals surface area contributed by atoms with E-state index in [1.165, 1.54) is 0 Å². The topological polar surface area (TPSA) is 50.4 Å². The zero-order chi connectivity index (χ0) is 11.6. The van der Waals surface area contributed by atoms with Crippen LogP contribution in [-0.4, -0.2) is 25.8 Å². The van der Waals surface area contributed by atoms with Gasteiger partial charge in [-0.05, 0) is 25.5 Å². The Balaban J connectivity index is 2.12. The summed E-state index contributed by atoms with van der Waals surface area (Å²) in [5.74, 6) is 0. The van der Waals surface area contributed by atoms with Gasteiger partial charge in [0.15, 0.2) is 0 Å². The quantitative estimate of drug-likeness (QED) is 0.725. The Labute approximate surface area is 96.0 Å². The van der Waals surface area contributed by atoms with Gasteiger partial charge in [-0.25, -0.2) is 4.79 Å². The van der Waals surface area contributed by atoms with E-state index in [9.17, 15) is 4.79 Å². The zero-order valence-electron chi connectivity index (χ0n) is 9.53. The van der Waals surface area contributed by atoms with Gasteiger partial charge in [0.25, 0.3) is 0 Å². The molecule has 1 aromatic carbocycles. The van der Waals surface area contributed by atoms with E-state index in [-0.39, 0.29) is 6.03 Å². The Morgan fingerprint density at radius 1 is 1.31 bits per heavy atom. The molecule has 0 radical (unpaired) electrons. The van der Waals surface area contributed by atoms with Crippen LogP contribution in [0.1, 0.15) is 13.3 Å². The summed E-state index contributed by atoms with van der Waals surface area (Å²) in [5, 5.41) is 5.50. The van der Waals surface area contributed by atoms with Crippen LogP contribution in [0.15, 0.2) is 30.3 Å². The van der Waals surface area contributed by atoms with Crippen LogP contribution in [0.3, 0.4) is 0 Å². The number of amides is 2. The standard InChI is InChI=1S/C12H18N2O2/c1-2-16-10-6-9-13-12(15)14-11-7-4-3-5-8-11/h3-5,7-8H,2,6,9-10H2,1H3,(H2,13,14,15). The Morgan fingerprint density at radius 3 is 2.75 bits per heavy atom. The van der Waals surface area contributed by atoms with Gasteiger partial charge in [-0.1, -0.05) is 18.2 Å². The van der Waals surface area contributed by atoms with E-state index in [4.69, 9.17) is 4.74 Å². The van der Waals surface area contributed by atoms with Crippen molar-refractivity contribution in [3.63, 3.8) is 0 Å². The van der Waals surface area contributed by atoms with E-state index in [0.29, 0.717) is 13.2 Å². The molecule has 0 aliphatic carbocycles. The summed E-state index contributed by atoms with van der Waals surface area (Å²) in [6.45, 7) is 3.98. The molecule has 0 bridgehead atoms. The minimum atomic E-state index is -0.178. The predicted molar refractivity (Wildman–Crippen MR) is 64.6 cm³/mol. The molecule has 0 atom stereocenters. The van der Waals surface area contributed by atoms with Gasteiger partial charge in [0.05, 0.1) is 0 Å². The van der Waals surface area contributed by atoms with E-state index in [1.807, 2.05) is 37.3 Å². The van der Waals surface area contributed by atoms with E-state index in [2.05, 4.69) is 10.6 Å². The smallest absolute Gasteiger partial charge is 0.319 e. The maximum Gasteiger partial charge on any atom is 0.319 e. The third kappa shape index (κ3) is 5.36. The normalized spacial score (nSPS) is 9.81. The van der Waals surface area contributed by atoms with Crippen molar-refractivity contribution >= 4 is 11.7 Å². The second-order valence-corrected chi connectivity index (χ2v) is 3.30. The minimum Gasteiger partial charge on any atom is -0.382 e. The highest BCUT2D eigenvalue weighted by Crippen LogP contribution is 2.03. The molecule has 4 heteroatoms. The highest BCUT2D eigenvalue weighted by Gasteiger charge is 1.99. The molecule has 0 heterocycles. The summed E-state index contributed by atoms with van der Waals surface area (Å²) >= 11 is 0. The number of carbonyl (C=O) groups excluding carboxylic acids is 1. The number of anilines is 1. The van der Waals surface area contributed by atoms with Gasteiger partial charge in [-0.2, -0.15) is 0 Å². The highest BCUT2D eigenvalue weighted by molar-refractivity contribution is 5.89. The molecule has 16 heavy (non-hydrogen) atoms. The Hall–Kier alpha value is -1.55. The first kappa shape index (κ1) is 12.5. The number of urea groups is 1. The van der Waals surface area contributed by atoms with Crippen molar-refractivity contribution in [3.8, 4) is 0 Å². The first-order valence-electron chi connectivity index (χ1n) is 5.50. The molecule has 0 saturated heterocycles. The van der Waals surface area contributed by atoms with Crippen molar-refractivity contribution in [2.24, 2.45) is 0 Å². The molecule has 0 aromatic heterocycles. The molecule has 0 saturated carbocycles. The molecule has 1 aromatic rings. The van der Waals surface area contributed by atoms with Crippen LogP contribution in [-0.2, 0) is 4.74 Å². The number of carbonyl (C=O) groups is 1. The van der Waals surface area contributed by atoms with Gasteiger partial charge in [-0.3, -0.25) is 0 Å².